The summed E-state index contributed by atoms with van der Waals surface area (Å²) in [7, 11) is 0. The molecule has 0 unspecified atom stereocenters. The van der Waals surface area contributed by atoms with Crippen LogP contribution in [0.25, 0.3) is 0 Å². The standard InChI is InChI=1S/C14H12BrClN2/c1-10(13-4-2-3-5-14(13)15)17-18-12-8-6-11(16)7-9-12/h2-9,18H,1H3/b17-10-. The van der Waals surface area contributed by atoms with E-state index < -0.39 is 0 Å². The first-order chi connectivity index (χ1) is 8.66. The maximum Gasteiger partial charge on any atom is 0.0659 e. The second-order valence-electron chi connectivity index (χ2n) is 3.80. The van der Waals surface area contributed by atoms with Crippen molar-refractivity contribution in [1.82, 2.24) is 0 Å². The van der Waals surface area contributed by atoms with Crippen molar-refractivity contribution in [2.45, 2.75) is 6.92 Å². The van der Waals surface area contributed by atoms with E-state index in [4.69, 9.17) is 11.6 Å². The molecule has 0 bridgehead atoms. The van der Waals surface area contributed by atoms with Gasteiger partial charge in [0.15, 0.2) is 0 Å². The van der Waals surface area contributed by atoms with Crippen LogP contribution in [0.15, 0.2) is 58.1 Å². The maximum absolute atomic E-state index is 5.82. The summed E-state index contributed by atoms with van der Waals surface area (Å²) in [6.45, 7) is 1.96. The Hall–Kier alpha value is -1.32. The quantitative estimate of drug-likeness (QED) is 0.628. The highest BCUT2D eigenvalue weighted by Gasteiger charge is 2.01. The van der Waals surface area contributed by atoms with E-state index in [9.17, 15) is 0 Å². The van der Waals surface area contributed by atoms with Gasteiger partial charge in [0.2, 0.25) is 0 Å². The minimum absolute atomic E-state index is 0.715. The largest absolute Gasteiger partial charge is 0.278 e. The van der Waals surface area contributed by atoms with Gasteiger partial charge in [0.25, 0.3) is 0 Å². The smallest absolute Gasteiger partial charge is 0.0659 e. The molecule has 0 aliphatic heterocycles. The van der Waals surface area contributed by atoms with Crippen molar-refractivity contribution in [3.8, 4) is 0 Å². The van der Waals surface area contributed by atoms with Crippen LogP contribution < -0.4 is 5.43 Å². The molecule has 92 valence electrons. The van der Waals surface area contributed by atoms with Gasteiger partial charge in [-0.2, -0.15) is 5.10 Å². The number of rotatable bonds is 3. The van der Waals surface area contributed by atoms with E-state index in [1.165, 1.54) is 0 Å². The highest BCUT2D eigenvalue weighted by molar-refractivity contribution is 9.10. The zero-order valence-corrected chi connectivity index (χ0v) is 12.2. The van der Waals surface area contributed by atoms with Crippen molar-refractivity contribution in [3.05, 3.63) is 63.6 Å². The fourth-order valence-corrected chi connectivity index (χ4v) is 2.19. The summed E-state index contributed by atoms with van der Waals surface area (Å²) in [5, 5.41) is 5.06. The molecule has 0 radical (unpaired) electrons. The second-order valence-corrected chi connectivity index (χ2v) is 5.09. The molecule has 0 aromatic heterocycles. The summed E-state index contributed by atoms with van der Waals surface area (Å²) < 4.78 is 1.03. The molecule has 0 saturated carbocycles. The van der Waals surface area contributed by atoms with Crippen LogP contribution in [0.5, 0.6) is 0 Å². The van der Waals surface area contributed by atoms with Crippen molar-refractivity contribution >= 4 is 38.9 Å². The van der Waals surface area contributed by atoms with Gasteiger partial charge in [0, 0.05) is 15.1 Å². The van der Waals surface area contributed by atoms with Crippen LogP contribution in [-0.4, -0.2) is 5.71 Å². The normalized spacial score (nSPS) is 11.4. The van der Waals surface area contributed by atoms with Crippen LogP contribution >= 0.6 is 27.5 Å². The molecular weight excluding hydrogens is 312 g/mol. The van der Waals surface area contributed by atoms with E-state index in [0.717, 1.165) is 21.4 Å². The Bertz CT molecular complexity index is 564. The second kappa shape index (κ2) is 6.03. The Labute approximate surface area is 120 Å². The molecule has 1 N–H and O–H groups in total. The van der Waals surface area contributed by atoms with Crippen LogP contribution in [0.3, 0.4) is 0 Å². The van der Waals surface area contributed by atoms with E-state index in [1.54, 1.807) is 0 Å². The van der Waals surface area contributed by atoms with Gasteiger partial charge in [0.1, 0.15) is 0 Å². The lowest BCUT2D eigenvalue weighted by Crippen LogP contribution is -2.00. The van der Waals surface area contributed by atoms with Gasteiger partial charge in [-0.05, 0) is 37.3 Å². The first-order valence-corrected chi connectivity index (χ1v) is 6.64. The Balaban J connectivity index is 2.14. The molecule has 2 aromatic rings. The summed E-state index contributed by atoms with van der Waals surface area (Å²) >= 11 is 9.33. The lowest BCUT2D eigenvalue weighted by Gasteiger charge is -2.05. The third-order valence-corrected chi connectivity index (χ3v) is 3.40. The predicted molar refractivity (Wildman–Crippen MR) is 81.4 cm³/mol. The van der Waals surface area contributed by atoms with Gasteiger partial charge in [-0.1, -0.05) is 45.7 Å². The molecule has 0 amide bonds. The van der Waals surface area contributed by atoms with Gasteiger partial charge >= 0.3 is 0 Å². The lowest BCUT2D eigenvalue weighted by molar-refractivity contribution is 1.32. The van der Waals surface area contributed by atoms with Crippen molar-refractivity contribution in [2.24, 2.45) is 5.10 Å². The van der Waals surface area contributed by atoms with E-state index in [2.05, 4.69) is 26.5 Å². The first-order valence-electron chi connectivity index (χ1n) is 5.47. The monoisotopic (exact) mass is 322 g/mol. The molecule has 2 aromatic carbocycles. The number of anilines is 1. The van der Waals surface area contributed by atoms with Gasteiger partial charge < -0.3 is 0 Å². The minimum atomic E-state index is 0.715. The average molecular weight is 324 g/mol. The third-order valence-electron chi connectivity index (χ3n) is 2.46. The Morgan fingerprint density at radius 1 is 1.11 bits per heavy atom. The number of hydrogen-bond donors (Lipinski definition) is 1. The summed E-state index contributed by atoms with van der Waals surface area (Å²) in [5.41, 5.74) is 5.90. The highest BCUT2D eigenvalue weighted by Crippen LogP contribution is 2.17. The number of halogens is 2. The predicted octanol–water partition coefficient (Wildman–Crippen LogP) is 4.94. The summed E-state index contributed by atoms with van der Waals surface area (Å²) in [5.74, 6) is 0. The van der Waals surface area contributed by atoms with Crippen molar-refractivity contribution in [2.75, 3.05) is 5.43 Å². The average Bonchev–Trinajstić information content (AvgIpc) is 2.38. The van der Waals surface area contributed by atoms with Crippen LogP contribution in [-0.2, 0) is 0 Å². The molecule has 2 nitrogen and oxygen atoms in total. The number of hydrazone groups is 1. The van der Waals surface area contributed by atoms with Gasteiger partial charge in [-0.3, -0.25) is 5.43 Å². The molecule has 0 saturated heterocycles. The SMILES string of the molecule is C/C(=N/Nc1ccc(Cl)cc1)c1ccccc1Br. The van der Waals surface area contributed by atoms with Crippen LogP contribution in [0.1, 0.15) is 12.5 Å². The van der Waals surface area contributed by atoms with Crippen LogP contribution in [0, 0.1) is 0 Å². The zero-order valence-electron chi connectivity index (χ0n) is 9.82. The lowest BCUT2D eigenvalue weighted by atomic mass is 10.1. The molecule has 0 aliphatic rings. The molecule has 0 aliphatic carbocycles. The van der Waals surface area contributed by atoms with E-state index in [-0.39, 0.29) is 0 Å². The van der Waals surface area contributed by atoms with Gasteiger partial charge in [-0.25, -0.2) is 0 Å². The molecule has 0 spiro atoms. The number of nitrogens with one attached hydrogen (secondary N) is 1. The zero-order chi connectivity index (χ0) is 13.0. The van der Waals surface area contributed by atoms with Gasteiger partial charge in [-0.15, -0.1) is 0 Å². The summed E-state index contributed by atoms with van der Waals surface area (Å²) in [4.78, 5) is 0. The molecular formula is C14H12BrClN2. The van der Waals surface area contributed by atoms with E-state index in [0.29, 0.717) is 5.02 Å². The molecule has 0 heterocycles. The van der Waals surface area contributed by atoms with E-state index in [1.807, 2.05) is 55.5 Å². The number of nitrogens with zero attached hydrogens (tertiary/aromatic N) is 1. The van der Waals surface area contributed by atoms with Crippen molar-refractivity contribution in [3.63, 3.8) is 0 Å². The first kappa shape index (κ1) is 13.1. The Kier molecular flexibility index (Phi) is 4.39. The maximum atomic E-state index is 5.82. The Morgan fingerprint density at radius 3 is 2.44 bits per heavy atom. The molecule has 2 rings (SSSR count). The van der Waals surface area contributed by atoms with Crippen molar-refractivity contribution in [1.29, 1.82) is 0 Å². The van der Waals surface area contributed by atoms with Crippen LogP contribution in [0.2, 0.25) is 5.02 Å². The molecule has 4 heteroatoms. The number of benzene rings is 2. The van der Waals surface area contributed by atoms with E-state index >= 15 is 0 Å². The summed E-state index contributed by atoms with van der Waals surface area (Å²) in [6.07, 6.45) is 0. The molecule has 0 atom stereocenters. The fourth-order valence-electron chi connectivity index (χ4n) is 1.49. The number of hydrogen-bond acceptors (Lipinski definition) is 2. The van der Waals surface area contributed by atoms with Crippen LogP contribution in [0.4, 0.5) is 5.69 Å². The fraction of sp³-hybridized carbons (Fsp3) is 0.0714. The third kappa shape index (κ3) is 3.34. The molecule has 18 heavy (non-hydrogen) atoms. The topological polar surface area (TPSA) is 24.4 Å². The minimum Gasteiger partial charge on any atom is -0.278 e. The molecule has 0 fully saturated rings. The van der Waals surface area contributed by atoms with Crippen molar-refractivity contribution < 1.29 is 0 Å². The summed E-state index contributed by atoms with van der Waals surface area (Å²) in [6, 6.07) is 15.4. The highest BCUT2D eigenvalue weighted by atomic mass is 79.9. The Morgan fingerprint density at radius 2 is 1.78 bits per heavy atom. The van der Waals surface area contributed by atoms with Gasteiger partial charge in [0.05, 0.1) is 11.4 Å².